The molecule has 7 N–H and O–H groups in total. The molecular formula is C11H20N3O11P3S. The van der Waals surface area contributed by atoms with Gasteiger partial charge in [-0.15, -0.1) is 0 Å². The lowest BCUT2D eigenvalue weighted by Gasteiger charge is -2.20. The number of primary amides is 1. The highest BCUT2D eigenvalue weighted by molar-refractivity contribution is 8.08. The van der Waals surface area contributed by atoms with Gasteiger partial charge in [0.25, 0.3) is 0 Å². The molecule has 14 nitrogen and oxygen atoms in total. The van der Waals surface area contributed by atoms with Gasteiger partial charge in [0.15, 0.2) is 0 Å². The molecule has 0 saturated carbocycles. The molecule has 0 bridgehead atoms. The van der Waals surface area contributed by atoms with Gasteiger partial charge >= 0.3 is 28.4 Å². The van der Waals surface area contributed by atoms with E-state index in [0.717, 1.165) is 0 Å². The Balaban J connectivity index is 2.38. The lowest BCUT2D eigenvalue weighted by molar-refractivity contribution is 0.0193. The van der Waals surface area contributed by atoms with E-state index in [4.69, 9.17) is 24.8 Å². The normalized spacial score (nSPS) is 23.7. The van der Waals surface area contributed by atoms with Crippen molar-refractivity contribution in [3.8, 4) is 11.8 Å². The van der Waals surface area contributed by atoms with Crippen LogP contribution in [0.25, 0.3) is 0 Å². The first-order valence-corrected chi connectivity index (χ1v) is 13.4. The second-order valence-corrected chi connectivity index (χ2v) is 11.1. The number of hydrogen-bond acceptors (Lipinski definition) is 9. The molecule has 1 rings (SSSR count). The van der Waals surface area contributed by atoms with Gasteiger partial charge in [-0.05, 0) is 24.6 Å². The highest BCUT2D eigenvalue weighted by Crippen LogP contribution is 2.66. The number of carbonyl (C=O) groups is 1. The molecule has 0 aromatic rings. The minimum Gasteiger partial charge on any atom is -0.352 e. The third-order valence-corrected chi connectivity index (χ3v) is 7.60. The largest absolute Gasteiger partial charge is 0.488 e. The molecule has 0 aromatic carbocycles. The molecule has 0 radical (unpaired) electrons. The summed E-state index contributed by atoms with van der Waals surface area (Å²) in [6.07, 6.45) is 1.59. The number of urea groups is 1. The van der Waals surface area contributed by atoms with Crippen LogP contribution in [0.1, 0.15) is 19.3 Å². The van der Waals surface area contributed by atoms with Crippen LogP contribution in [0.15, 0.2) is 4.99 Å². The number of carbonyl (C=O) groups excluding carboxylic acids is 1. The van der Waals surface area contributed by atoms with Gasteiger partial charge in [-0.25, -0.2) is 18.2 Å². The molecule has 1 saturated heterocycles. The van der Waals surface area contributed by atoms with E-state index in [0.29, 0.717) is 25.8 Å². The summed E-state index contributed by atoms with van der Waals surface area (Å²) in [7, 11) is -10.7. The van der Waals surface area contributed by atoms with E-state index in [1.807, 2.05) is 0 Å². The maximum atomic E-state index is 11.4. The van der Waals surface area contributed by atoms with Crippen LogP contribution in [-0.2, 0) is 38.8 Å². The van der Waals surface area contributed by atoms with Crippen molar-refractivity contribution >= 4 is 46.4 Å². The predicted octanol–water partition coefficient (Wildman–Crippen LogP) is 0.0838. The average Bonchev–Trinajstić information content (AvgIpc) is 2.96. The number of rotatable bonds is 10. The Morgan fingerprint density at radius 3 is 2.62 bits per heavy atom. The van der Waals surface area contributed by atoms with Gasteiger partial charge in [0.1, 0.15) is 6.23 Å². The Morgan fingerprint density at radius 2 is 2.00 bits per heavy atom. The van der Waals surface area contributed by atoms with E-state index >= 15 is 0 Å². The first-order valence-electron chi connectivity index (χ1n) is 7.75. The van der Waals surface area contributed by atoms with E-state index in [9.17, 15) is 23.7 Å². The molecule has 1 fully saturated rings. The first-order chi connectivity index (χ1) is 13.3. The fourth-order valence-electron chi connectivity index (χ4n) is 1.89. The van der Waals surface area contributed by atoms with Crippen LogP contribution < -0.4 is 11.1 Å². The fraction of sp³-hybridized carbons (Fsp3) is 0.636. The van der Waals surface area contributed by atoms with Crippen molar-refractivity contribution in [2.75, 3.05) is 13.2 Å². The van der Waals surface area contributed by atoms with E-state index < -0.39 is 40.7 Å². The van der Waals surface area contributed by atoms with E-state index in [-0.39, 0.29) is 6.61 Å². The van der Waals surface area contributed by atoms with E-state index in [1.165, 1.54) is 6.21 Å². The predicted molar refractivity (Wildman–Crippen MR) is 103 cm³/mol. The summed E-state index contributed by atoms with van der Waals surface area (Å²) in [4.78, 5) is 50.4. The highest BCUT2D eigenvalue weighted by atomic mass is 32.5. The van der Waals surface area contributed by atoms with Gasteiger partial charge in [-0.1, -0.05) is 11.8 Å². The molecular weight excluding hydrogens is 475 g/mol. The fourth-order valence-corrected chi connectivity index (χ4v) is 5.88. The molecule has 0 aromatic heterocycles. The number of amides is 2. The molecule has 2 unspecified atom stereocenters. The lowest BCUT2D eigenvalue weighted by atomic mass is 10.2. The lowest BCUT2D eigenvalue weighted by Crippen LogP contribution is -2.29. The van der Waals surface area contributed by atoms with Gasteiger partial charge in [-0.3, -0.25) is 4.99 Å². The number of phosphoric acid groups is 2. The molecule has 166 valence electrons. The Morgan fingerprint density at radius 1 is 1.31 bits per heavy atom. The van der Waals surface area contributed by atoms with Gasteiger partial charge in [0, 0.05) is 13.0 Å². The third kappa shape index (κ3) is 13.3. The Kier molecular flexibility index (Phi) is 10.5. The number of aliphatic imine (C=N–C) groups is 1. The van der Waals surface area contributed by atoms with Gasteiger partial charge in [0.2, 0.25) is 0 Å². The standard InChI is InChI=1S/C11H20N3O11P3S/c12-11(15)14-7-3-1-2-6-13-10-5-4-9(23-10)8-22-28(21,29)25-27(19,20)24-26(16,17)18/h6,9-10H,3-5,7-8H2,(H,19,20)(H,21,29)(H3,12,14,15)(H2,16,17,18)/t9-,10+,28?/m0/s1. The van der Waals surface area contributed by atoms with Crippen molar-refractivity contribution in [1.29, 1.82) is 0 Å². The molecule has 1 heterocycles. The van der Waals surface area contributed by atoms with Crippen LogP contribution in [0, 0.1) is 11.8 Å². The summed E-state index contributed by atoms with van der Waals surface area (Å²) < 4.78 is 39.9. The van der Waals surface area contributed by atoms with E-state index in [2.05, 4.69) is 42.6 Å². The molecule has 2 amide bonds. The van der Waals surface area contributed by atoms with E-state index in [1.54, 1.807) is 0 Å². The zero-order chi connectivity index (χ0) is 22.1. The second kappa shape index (κ2) is 11.6. The topological polar surface area (TPSA) is 219 Å². The SMILES string of the molecule is NC(=O)NCCC#CC=N[C@H]1CC[C@@H](COP(O)(=S)OP(=O)(O)OP(=O)(O)O)O1. The van der Waals surface area contributed by atoms with Crippen LogP contribution in [0.3, 0.4) is 0 Å². The van der Waals surface area contributed by atoms with Crippen molar-refractivity contribution in [3.05, 3.63) is 0 Å². The van der Waals surface area contributed by atoms with Crippen LogP contribution in [-0.4, -0.2) is 57.3 Å². The van der Waals surface area contributed by atoms with Crippen molar-refractivity contribution in [1.82, 2.24) is 5.32 Å². The number of nitrogens with two attached hydrogens (primary N) is 1. The summed E-state index contributed by atoms with van der Waals surface area (Å²) in [5.74, 6) is 5.38. The van der Waals surface area contributed by atoms with Crippen LogP contribution >= 0.6 is 22.4 Å². The zero-order valence-electron chi connectivity index (χ0n) is 14.7. The van der Waals surface area contributed by atoms with Crippen LogP contribution in [0.5, 0.6) is 0 Å². The first kappa shape index (κ1) is 26.3. The maximum absolute atomic E-state index is 11.4. The molecule has 1 aliphatic heterocycles. The average molecular weight is 495 g/mol. The Bertz CT molecular complexity index is 807. The Hall–Kier alpha value is -0.710. The van der Waals surface area contributed by atoms with Crippen molar-refractivity contribution in [2.45, 2.75) is 31.6 Å². The van der Waals surface area contributed by atoms with Crippen molar-refractivity contribution < 1.29 is 51.4 Å². The Labute approximate surface area is 170 Å². The summed E-state index contributed by atoms with van der Waals surface area (Å²) in [5, 5.41) is 2.37. The maximum Gasteiger partial charge on any atom is 0.488 e. The number of nitrogens with one attached hydrogen (secondary N) is 1. The van der Waals surface area contributed by atoms with Gasteiger partial charge in [0.05, 0.1) is 18.9 Å². The quantitative estimate of drug-likeness (QED) is 0.103. The van der Waals surface area contributed by atoms with Crippen LogP contribution in [0.2, 0.25) is 0 Å². The summed E-state index contributed by atoms with van der Waals surface area (Å²) >= 11 is 4.50. The minimum absolute atomic E-state index is 0.310. The molecule has 1 aliphatic rings. The highest BCUT2D eigenvalue weighted by Gasteiger charge is 2.38. The van der Waals surface area contributed by atoms with Gasteiger partial charge < -0.3 is 39.9 Å². The van der Waals surface area contributed by atoms with Crippen molar-refractivity contribution in [2.24, 2.45) is 10.7 Å². The molecule has 18 heteroatoms. The van der Waals surface area contributed by atoms with Crippen molar-refractivity contribution in [3.63, 3.8) is 0 Å². The summed E-state index contributed by atoms with van der Waals surface area (Å²) in [6.45, 7) is -4.35. The monoisotopic (exact) mass is 495 g/mol. The number of nitrogens with zero attached hydrogens (tertiary/aromatic N) is 1. The van der Waals surface area contributed by atoms with Gasteiger partial charge in [-0.2, -0.15) is 4.31 Å². The molecule has 0 aliphatic carbocycles. The second-order valence-electron chi connectivity index (χ2n) is 5.32. The smallest absolute Gasteiger partial charge is 0.352 e. The number of hydrogen-bond donors (Lipinski definition) is 6. The third-order valence-electron chi connectivity index (χ3n) is 2.88. The summed E-state index contributed by atoms with van der Waals surface area (Å²) in [6, 6.07) is -0.636. The molecule has 29 heavy (non-hydrogen) atoms. The molecule has 0 spiro atoms. The number of ether oxygens (including phenoxy) is 1. The molecule has 4 atom stereocenters. The zero-order valence-corrected chi connectivity index (χ0v) is 18.2. The minimum atomic E-state index is -5.35. The van der Waals surface area contributed by atoms with Crippen LogP contribution in [0.4, 0.5) is 4.79 Å². The summed E-state index contributed by atoms with van der Waals surface area (Å²) in [5.41, 5.74) is 4.89.